The van der Waals surface area contributed by atoms with E-state index in [-0.39, 0.29) is 18.6 Å². The number of aliphatic hydroxyl groups is 1. The lowest BCUT2D eigenvalue weighted by atomic mass is 9.94. The Balaban J connectivity index is 1.42. The first kappa shape index (κ1) is 23.5. The Morgan fingerprint density at radius 2 is 2.14 bits per heavy atom. The number of amides is 1. The number of rotatable bonds is 7. The van der Waals surface area contributed by atoms with Crippen LogP contribution in [0.1, 0.15) is 5.56 Å². The van der Waals surface area contributed by atoms with Gasteiger partial charge in [0, 0.05) is 41.6 Å². The molecule has 2 aliphatic heterocycles. The molecule has 2 unspecified atom stereocenters. The molecule has 0 radical (unpaired) electrons. The van der Waals surface area contributed by atoms with E-state index in [2.05, 4.69) is 32.4 Å². The summed E-state index contributed by atoms with van der Waals surface area (Å²) in [6.45, 7) is 5.62. The highest BCUT2D eigenvalue weighted by molar-refractivity contribution is 5.90. The molecule has 0 aliphatic carbocycles. The van der Waals surface area contributed by atoms with E-state index >= 15 is 0 Å². The Hall–Kier alpha value is -4.21. The van der Waals surface area contributed by atoms with Crippen LogP contribution in [0.15, 0.2) is 85.7 Å². The number of aliphatic hydroxyl groups excluding tert-OH is 1. The Morgan fingerprint density at radius 1 is 1.28 bits per heavy atom. The molecular weight excluding hydrogens is 456 g/mol. The van der Waals surface area contributed by atoms with Crippen LogP contribution in [0.5, 0.6) is 0 Å². The quantitative estimate of drug-likeness (QED) is 0.379. The van der Waals surface area contributed by atoms with E-state index in [4.69, 9.17) is 9.72 Å². The molecule has 1 amide bonds. The second kappa shape index (κ2) is 10.2. The van der Waals surface area contributed by atoms with Gasteiger partial charge in [0.1, 0.15) is 0 Å². The molecule has 5 rings (SSSR count). The average molecular weight is 485 g/mol. The number of allylic oxidation sites excluding steroid dienone is 2. The summed E-state index contributed by atoms with van der Waals surface area (Å²) >= 11 is 0. The highest BCUT2D eigenvalue weighted by Gasteiger charge is 2.33. The third-order valence-corrected chi connectivity index (χ3v) is 6.24. The molecule has 3 heterocycles. The van der Waals surface area contributed by atoms with Crippen molar-refractivity contribution >= 4 is 34.1 Å². The van der Waals surface area contributed by atoms with Gasteiger partial charge in [-0.25, -0.2) is 9.97 Å². The number of nitrogens with zero attached hydrogens (tertiary/aromatic N) is 3. The van der Waals surface area contributed by atoms with Crippen molar-refractivity contribution in [3.63, 3.8) is 0 Å². The highest BCUT2D eigenvalue weighted by atomic mass is 16.5. The first-order valence-electron chi connectivity index (χ1n) is 11.8. The van der Waals surface area contributed by atoms with Crippen LogP contribution in [0.25, 0.3) is 10.9 Å². The summed E-state index contributed by atoms with van der Waals surface area (Å²) in [6, 6.07) is 13.8. The lowest BCUT2D eigenvalue weighted by molar-refractivity contribution is -0.118. The maximum absolute atomic E-state index is 12.3. The number of morpholine rings is 1. The number of ether oxygens (including phenoxy) is 1. The number of nitrogens with one attached hydrogen (secondary N) is 3. The van der Waals surface area contributed by atoms with Crippen LogP contribution in [-0.4, -0.2) is 53.4 Å². The molecule has 184 valence electrons. The van der Waals surface area contributed by atoms with E-state index in [1.807, 2.05) is 60.7 Å². The summed E-state index contributed by atoms with van der Waals surface area (Å²) in [5, 5.41) is 19.8. The van der Waals surface area contributed by atoms with Crippen molar-refractivity contribution in [2.45, 2.75) is 11.8 Å². The number of carbonyl (C=O) groups excluding carboxylic acids is 1. The average Bonchev–Trinajstić information content (AvgIpc) is 2.93. The van der Waals surface area contributed by atoms with Crippen molar-refractivity contribution in [2.75, 3.05) is 36.5 Å². The highest BCUT2D eigenvalue weighted by Crippen LogP contribution is 2.30. The van der Waals surface area contributed by atoms with Gasteiger partial charge in [0.25, 0.3) is 0 Å². The van der Waals surface area contributed by atoms with Gasteiger partial charge in [-0.1, -0.05) is 30.9 Å². The molecule has 2 aliphatic rings. The molecule has 2 aromatic carbocycles. The fourth-order valence-corrected chi connectivity index (χ4v) is 4.42. The summed E-state index contributed by atoms with van der Waals surface area (Å²) in [5.74, 6) is 0.132. The molecule has 4 N–H and O–H groups in total. The number of carbonyl (C=O) groups is 1. The minimum absolute atomic E-state index is 0.0115. The van der Waals surface area contributed by atoms with Gasteiger partial charge in [-0.05, 0) is 48.7 Å². The Kier molecular flexibility index (Phi) is 6.66. The zero-order valence-corrected chi connectivity index (χ0v) is 19.7. The summed E-state index contributed by atoms with van der Waals surface area (Å²) in [5.41, 5.74) is 2.41. The number of aromatic nitrogens is 2. The second-order valence-electron chi connectivity index (χ2n) is 8.59. The normalized spacial score (nSPS) is 21.1. The van der Waals surface area contributed by atoms with E-state index in [0.717, 1.165) is 28.9 Å². The summed E-state index contributed by atoms with van der Waals surface area (Å²) in [4.78, 5) is 23.8. The molecular formula is C27H28N6O3. The predicted octanol–water partition coefficient (Wildman–Crippen LogP) is 2.70. The number of para-hydroxylation sites is 1. The third kappa shape index (κ3) is 4.79. The number of benzene rings is 2. The lowest BCUT2D eigenvalue weighted by Gasteiger charge is -2.34. The van der Waals surface area contributed by atoms with Crippen LogP contribution in [0.2, 0.25) is 0 Å². The van der Waals surface area contributed by atoms with Crippen molar-refractivity contribution in [3.05, 3.63) is 91.3 Å². The first-order valence-corrected chi connectivity index (χ1v) is 11.8. The first-order chi connectivity index (χ1) is 17.6. The maximum atomic E-state index is 12.3. The fourth-order valence-electron chi connectivity index (χ4n) is 4.42. The van der Waals surface area contributed by atoms with E-state index in [0.29, 0.717) is 24.6 Å². The van der Waals surface area contributed by atoms with Crippen LogP contribution >= 0.6 is 0 Å². The SMILES string of the molecule is C=CC(=O)NC1(c2cccc3cnc(Nc4ccc(N5CCOC(CO)C5)cc4)nc23)C=CC=CN1. The summed E-state index contributed by atoms with van der Waals surface area (Å²) < 4.78 is 5.54. The van der Waals surface area contributed by atoms with Gasteiger partial charge in [0.15, 0.2) is 5.66 Å². The van der Waals surface area contributed by atoms with Gasteiger partial charge in [0.2, 0.25) is 11.9 Å². The molecule has 36 heavy (non-hydrogen) atoms. The lowest BCUT2D eigenvalue weighted by Crippen LogP contribution is -2.53. The third-order valence-electron chi connectivity index (χ3n) is 6.24. The predicted molar refractivity (Wildman–Crippen MR) is 140 cm³/mol. The van der Waals surface area contributed by atoms with Crippen molar-refractivity contribution in [1.82, 2.24) is 20.6 Å². The van der Waals surface area contributed by atoms with Crippen LogP contribution in [-0.2, 0) is 15.2 Å². The Bertz CT molecular complexity index is 1320. The number of anilines is 3. The van der Waals surface area contributed by atoms with Gasteiger partial charge in [-0.15, -0.1) is 0 Å². The van der Waals surface area contributed by atoms with Crippen molar-refractivity contribution in [3.8, 4) is 0 Å². The minimum atomic E-state index is -0.975. The molecule has 9 nitrogen and oxygen atoms in total. The van der Waals surface area contributed by atoms with Gasteiger partial charge >= 0.3 is 0 Å². The van der Waals surface area contributed by atoms with Gasteiger partial charge < -0.3 is 30.7 Å². The van der Waals surface area contributed by atoms with Crippen LogP contribution in [0.4, 0.5) is 17.3 Å². The molecule has 1 saturated heterocycles. The van der Waals surface area contributed by atoms with Gasteiger partial charge in [-0.2, -0.15) is 0 Å². The zero-order valence-electron chi connectivity index (χ0n) is 19.7. The van der Waals surface area contributed by atoms with Gasteiger partial charge in [-0.3, -0.25) is 4.79 Å². The summed E-state index contributed by atoms with van der Waals surface area (Å²) in [7, 11) is 0. The standard InChI is InChI=1S/C27H28N6O3/c1-2-24(35)32-27(12-3-4-13-29-27)23-7-5-6-19-16-28-26(31-25(19)23)30-20-8-10-21(11-9-20)33-14-15-36-22(17-33)18-34/h2-13,16,22,29,34H,1,14-15,17-18H2,(H,32,35)(H,28,30,31). The molecule has 2 atom stereocenters. The molecule has 0 saturated carbocycles. The Labute approximate surface area is 209 Å². The van der Waals surface area contributed by atoms with E-state index in [9.17, 15) is 9.90 Å². The zero-order chi connectivity index (χ0) is 25.0. The van der Waals surface area contributed by atoms with Crippen LogP contribution in [0.3, 0.4) is 0 Å². The van der Waals surface area contributed by atoms with Crippen LogP contribution in [0, 0.1) is 0 Å². The Morgan fingerprint density at radius 3 is 2.89 bits per heavy atom. The van der Waals surface area contributed by atoms with Crippen molar-refractivity contribution < 1.29 is 14.6 Å². The number of hydrogen-bond donors (Lipinski definition) is 4. The topological polar surface area (TPSA) is 112 Å². The number of fused-ring (bicyclic) bond motifs is 1. The van der Waals surface area contributed by atoms with E-state index in [1.165, 1.54) is 6.08 Å². The van der Waals surface area contributed by atoms with Crippen LogP contribution < -0.4 is 20.9 Å². The molecule has 3 aromatic rings. The largest absolute Gasteiger partial charge is 0.394 e. The van der Waals surface area contributed by atoms with Gasteiger partial charge in [0.05, 0.1) is 24.8 Å². The minimum Gasteiger partial charge on any atom is -0.394 e. The number of hydrogen-bond acceptors (Lipinski definition) is 8. The molecule has 1 aromatic heterocycles. The maximum Gasteiger partial charge on any atom is 0.245 e. The van der Waals surface area contributed by atoms with E-state index < -0.39 is 5.66 Å². The molecule has 9 heteroatoms. The van der Waals surface area contributed by atoms with E-state index in [1.54, 1.807) is 12.4 Å². The molecule has 0 spiro atoms. The van der Waals surface area contributed by atoms with Crippen molar-refractivity contribution in [1.29, 1.82) is 0 Å². The molecule has 0 bridgehead atoms. The number of dihydropyridines is 1. The molecule has 1 fully saturated rings. The summed E-state index contributed by atoms with van der Waals surface area (Å²) in [6.07, 6.45) is 10.2. The second-order valence-corrected chi connectivity index (χ2v) is 8.59. The monoisotopic (exact) mass is 484 g/mol. The smallest absolute Gasteiger partial charge is 0.245 e. The fraction of sp³-hybridized carbons (Fsp3) is 0.222. The van der Waals surface area contributed by atoms with Crippen molar-refractivity contribution in [2.24, 2.45) is 0 Å².